The van der Waals surface area contributed by atoms with E-state index in [-0.39, 0.29) is 17.0 Å². The summed E-state index contributed by atoms with van der Waals surface area (Å²) in [5.74, 6) is -0.165. The van der Waals surface area contributed by atoms with E-state index in [1.807, 2.05) is 25.1 Å². The number of carboxylic acid groups (broad SMARTS) is 1. The summed E-state index contributed by atoms with van der Waals surface area (Å²) in [6.07, 6.45) is 4.40. The maximum atomic E-state index is 11.4. The molecule has 0 saturated carbocycles. The van der Waals surface area contributed by atoms with E-state index >= 15 is 0 Å². The first-order valence-electron chi connectivity index (χ1n) is 13.8. The van der Waals surface area contributed by atoms with Crippen LogP contribution in [0.5, 0.6) is 5.88 Å². The van der Waals surface area contributed by atoms with Crippen LogP contribution < -0.4 is 14.8 Å². The topological polar surface area (TPSA) is 122 Å². The lowest BCUT2D eigenvalue weighted by molar-refractivity contribution is 0.0696. The van der Waals surface area contributed by atoms with Crippen molar-refractivity contribution >= 4 is 23.9 Å². The first-order chi connectivity index (χ1) is 20.0. The van der Waals surface area contributed by atoms with Gasteiger partial charge in [0.2, 0.25) is 11.8 Å². The molecular weight excluding hydrogens is 548 g/mol. The minimum atomic E-state index is -0.978. The molecule has 0 bridgehead atoms. The largest absolute Gasteiger partial charge is 0.478 e. The lowest BCUT2D eigenvalue weighted by atomic mass is 9.88. The molecule has 0 radical (unpaired) electrons. The zero-order valence-electron chi connectivity index (χ0n) is 24.9. The Labute approximate surface area is 251 Å². The molecule has 9 nitrogen and oxygen atoms in total. The van der Waals surface area contributed by atoms with Crippen LogP contribution in [0.2, 0.25) is 0 Å². The Hall–Kier alpha value is -4.02. The van der Waals surface area contributed by atoms with E-state index in [4.69, 9.17) is 9.72 Å². The Morgan fingerprint density at radius 1 is 1.00 bits per heavy atom. The zero-order valence-corrected chi connectivity index (χ0v) is 25.7. The molecule has 0 spiro atoms. The maximum Gasteiger partial charge on any atom is 0.335 e. The van der Waals surface area contributed by atoms with E-state index < -0.39 is 5.97 Å². The molecule has 10 heteroatoms. The van der Waals surface area contributed by atoms with Crippen LogP contribution in [0.15, 0.2) is 65.8 Å². The average molecular weight is 587 g/mol. The van der Waals surface area contributed by atoms with Crippen molar-refractivity contribution in [3.63, 3.8) is 0 Å². The van der Waals surface area contributed by atoms with Gasteiger partial charge in [0, 0.05) is 41.5 Å². The van der Waals surface area contributed by atoms with Crippen molar-refractivity contribution in [2.45, 2.75) is 65.4 Å². The number of carboxylic acids is 1. The minimum Gasteiger partial charge on any atom is -0.478 e. The van der Waals surface area contributed by atoms with E-state index in [9.17, 15) is 9.90 Å². The van der Waals surface area contributed by atoms with Crippen LogP contribution in [0, 0.1) is 26.2 Å². The SMILES string of the molecule is Cc1cncc(CNC(COc2cc(-c3c(C)cccc3C)nc(NSc3cccc(C(=O)O)c3)n2)CC(C)(C)C)n1. The smallest absolute Gasteiger partial charge is 0.335 e. The molecule has 3 N–H and O–H groups in total. The Morgan fingerprint density at radius 3 is 2.43 bits per heavy atom. The third-order valence-electron chi connectivity index (χ3n) is 6.45. The monoisotopic (exact) mass is 586 g/mol. The van der Waals surface area contributed by atoms with Gasteiger partial charge in [-0.25, -0.2) is 9.78 Å². The molecule has 4 rings (SSSR count). The van der Waals surface area contributed by atoms with Gasteiger partial charge in [0.1, 0.15) is 6.61 Å². The highest BCUT2D eigenvalue weighted by Gasteiger charge is 2.21. The van der Waals surface area contributed by atoms with Crippen molar-refractivity contribution in [1.29, 1.82) is 0 Å². The second kappa shape index (κ2) is 13.8. The van der Waals surface area contributed by atoms with Gasteiger partial charge in [-0.15, -0.1) is 0 Å². The lowest BCUT2D eigenvalue weighted by Gasteiger charge is -2.27. The van der Waals surface area contributed by atoms with Crippen molar-refractivity contribution in [1.82, 2.24) is 25.3 Å². The molecular formula is C32H38N6O3S. The predicted molar refractivity (Wildman–Crippen MR) is 167 cm³/mol. The molecule has 0 aliphatic rings. The summed E-state index contributed by atoms with van der Waals surface area (Å²) in [5.41, 5.74) is 6.00. The minimum absolute atomic E-state index is 0.0375. The van der Waals surface area contributed by atoms with Gasteiger partial charge < -0.3 is 15.2 Å². The summed E-state index contributed by atoms with van der Waals surface area (Å²) in [6.45, 7) is 13.6. The van der Waals surface area contributed by atoms with Crippen molar-refractivity contribution in [2.24, 2.45) is 5.41 Å². The summed E-state index contributed by atoms with van der Waals surface area (Å²) in [4.78, 5) is 30.4. The van der Waals surface area contributed by atoms with Gasteiger partial charge in [0.25, 0.3) is 0 Å². The molecule has 0 aliphatic carbocycles. The average Bonchev–Trinajstić information content (AvgIpc) is 2.93. The van der Waals surface area contributed by atoms with E-state index in [1.165, 1.54) is 11.9 Å². The first-order valence-corrected chi connectivity index (χ1v) is 14.6. The summed E-state index contributed by atoms with van der Waals surface area (Å²) in [6, 6.07) is 14.8. The Balaban J connectivity index is 1.58. The molecule has 42 heavy (non-hydrogen) atoms. The van der Waals surface area contributed by atoms with Crippen molar-refractivity contribution in [3.8, 4) is 17.1 Å². The molecule has 1 unspecified atom stereocenters. The van der Waals surface area contributed by atoms with Gasteiger partial charge in [-0.1, -0.05) is 45.0 Å². The fourth-order valence-corrected chi connectivity index (χ4v) is 5.29. The van der Waals surface area contributed by atoms with Crippen LogP contribution in [0.1, 0.15) is 60.1 Å². The number of nitrogens with one attached hydrogen (secondary N) is 2. The van der Waals surface area contributed by atoms with Gasteiger partial charge in [0.05, 0.1) is 22.6 Å². The number of nitrogens with zero attached hydrogens (tertiary/aromatic N) is 4. The van der Waals surface area contributed by atoms with Crippen LogP contribution in [-0.2, 0) is 6.54 Å². The molecule has 4 aromatic rings. The fraction of sp³-hybridized carbons (Fsp3) is 0.344. The molecule has 2 aromatic carbocycles. The normalized spacial score (nSPS) is 12.1. The van der Waals surface area contributed by atoms with E-state index in [2.05, 4.69) is 71.7 Å². The van der Waals surface area contributed by atoms with Gasteiger partial charge >= 0.3 is 5.97 Å². The number of hydrogen-bond donors (Lipinski definition) is 3. The van der Waals surface area contributed by atoms with Crippen molar-refractivity contribution < 1.29 is 14.6 Å². The molecule has 1 atom stereocenters. The van der Waals surface area contributed by atoms with Gasteiger partial charge in [0.15, 0.2) is 0 Å². The van der Waals surface area contributed by atoms with E-state index in [0.29, 0.717) is 25.0 Å². The second-order valence-corrected chi connectivity index (χ2v) is 12.4. The molecule has 0 amide bonds. The van der Waals surface area contributed by atoms with Gasteiger partial charge in [-0.05, 0) is 73.9 Å². The molecule has 220 valence electrons. The van der Waals surface area contributed by atoms with E-state index in [1.54, 1.807) is 30.6 Å². The van der Waals surface area contributed by atoms with Crippen LogP contribution in [-0.4, -0.2) is 43.7 Å². The molecule has 2 aromatic heterocycles. The highest BCUT2D eigenvalue weighted by Crippen LogP contribution is 2.30. The molecule has 0 aliphatic heterocycles. The summed E-state index contributed by atoms with van der Waals surface area (Å²) in [5, 5.41) is 12.9. The standard InChI is InChI=1S/C32H38N6O3S/c1-20-9-7-10-21(2)29(20)27-14-28(37-31(36-27)38-42-26-12-8-11-23(13-26)30(39)40)41-19-24(15-32(4,5)6)34-18-25-17-33-16-22(3)35-25/h7-14,16-17,24,34H,15,18-19H2,1-6H3,(H,39,40)(H,36,37,38). The quantitative estimate of drug-likeness (QED) is 0.156. The van der Waals surface area contributed by atoms with Crippen LogP contribution in [0.4, 0.5) is 5.95 Å². The Bertz CT molecular complexity index is 1520. The first kappa shape index (κ1) is 30.9. The molecule has 0 fully saturated rings. The highest BCUT2D eigenvalue weighted by atomic mass is 32.2. The summed E-state index contributed by atoms with van der Waals surface area (Å²) < 4.78 is 9.52. The number of anilines is 1. The lowest BCUT2D eigenvalue weighted by Crippen LogP contribution is -2.37. The fourth-order valence-electron chi connectivity index (χ4n) is 4.65. The maximum absolute atomic E-state index is 11.4. The number of ether oxygens (including phenoxy) is 1. The van der Waals surface area contributed by atoms with Crippen LogP contribution >= 0.6 is 11.9 Å². The van der Waals surface area contributed by atoms with Crippen molar-refractivity contribution in [3.05, 3.63) is 89.0 Å². The number of aromatic carboxylic acids is 1. The summed E-state index contributed by atoms with van der Waals surface area (Å²) >= 11 is 1.25. The third kappa shape index (κ3) is 8.99. The van der Waals surface area contributed by atoms with Crippen molar-refractivity contribution in [2.75, 3.05) is 11.3 Å². The Kier molecular flexibility index (Phi) is 10.1. The number of rotatable bonds is 12. The van der Waals surface area contributed by atoms with E-state index in [0.717, 1.165) is 45.1 Å². The van der Waals surface area contributed by atoms with Crippen LogP contribution in [0.25, 0.3) is 11.3 Å². The highest BCUT2D eigenvalue weighted by molar-refractivity contribution is 8.00. The number of carbonyl (C=O) groups is 1. The van der Waals surface area contributed by atoms with Gasteiger partial charge in [-0.2, -0.15) is 4.98 Å². The van der Waals surface area contributed by atoms with Crippen LogP contribution in [0.3, 0.4) is 0 Å². The number of hydrogen-bond acceptors (Lipinski definition) is 9. The second-order valence-electron chi connectivity index (χ2n) is 11.5. The predicted octanol–water partition coefficient (Wildman–Crippen LogP) is 6.65. The number of aromatic nitrogens is 4. The third-order valence-corrected chi connectivity index (χ3v) is 7.22. The molecule has 2 heterocycles. The Morgan fingerprint density at radius 2 is 1.74 bits per heavy atom. The molecule has 0 saturated heterocycles. The summed E-state index contributed by atoms with van der Waals surface area (Å²) in [7, 11) is 0. The number of benzene rings is 2. The zero-order chi connectivity index (χ0) is 30.3. The number of aryl methyl sites for hydroxylation is 3. The van der Waals surface area contributed by atoms with Gasteiger partial charge in [-0.3, -0.25) is 14.7 Å².